The van der Waals surface area contributed by atoms with E-state index in [0.29, 0.717) is 51.6 Å². The lowest BCUT2D eigenvalue weighted by atomic mass is 10.3. The molecule has 8 nitrogen and oxygen atoms in total. The molecule has 1 N–H and O–H groups in total. The van der Waals surface area contributed by atoms with E-state index < -0.39 is 10.0 Å². The van der Waals surface area contributed by atoms with E-state index in [9.17, 15) is 13.2 Å². The van der Waals surface area contributed by atoms with Gasteiger partial charge in [-0.15, -0.1) is 0 Å². The zero-order chi connectivity index (χ0) is 19.0. The molecule has 0 aromatic heterocycles. The number of benzene rings is 1. The van der Waals surface area contributed by atoms with Gasteiger partial charge in [-0.2, -0.15) is 4.31 Å². The number of piperazine rings is 1. The summed E-state index contributed by atoms with van der Waals surface area (Å²) in [6.07, 6.45) is 1.23. The molecule has 1 aliphatic rings. The Morgan fingerprint density at radius 1 is 1.08 bits per heavy atom. The molecule has 0 atom stereocenters. The van der Waals surface area contributed by atoms with Gasteiger partial charge in [0.05, 0.1) is 12.9 Å². The molecule has 0 saturated carbocycles. The van der Waals surface area contributed by atoms with Crippen LogP contribution in [0.15, 0.2) is 24.3 Å². The molecule has 1 heterocycles. The predicted molar refractivity (Wildman–Crippen MR) is 99.0 cm³/mol. The Kier molecular flexibility index (Phi) is 7.67. The second-order valence-corrected chi connectivity index (χ2v) is 8.03. The van der Waals surface area contributed by atoms with Crippen molar-refractivity contribution in [3.63, 3.8) is 0 Å². The lowest BCUT2D eigenvalue weighted by Gasteiger charge is -2.33. The van der Waals surface area contributed by atoms with Crippen LogP contribution in [-0.4, -0.2) is 82.3 Å². The molecule has 1 aromatic carbocycles. The first-order chi connectivity index (χ1) is 12.4. The van der Waals surface area contributed by atoms with E-state index in [2.05, 4.69) is 10.2 Å². The monoisotopic (exact) mass is 385 g/mol. The van der Waals surface area contributed by atoms with E-state index in [1.54, 1.807) is 24.3 Å². The third-order valence-corrected chi connectivity index (χ3v) is 5.36. The Morgan fingerprint density at radius 2 is 1.65 bits per heavy atom. The van der Waals surface area contributed by atoms with Gasteiger partial charge in [-0.25, -0.2) is 8.42 Å². The average Bonchev–Trinajstić information content (AvgIpc) is 2.61. The highest BCUT2D eigenvalue weighted by atomic mass is 32.2. The number of ether oxygens (including phenoxy) is 2. The van der Waals surface area contributed by atoms with Crippen molar-refractivity contribution in [3.05, 3.63) is 24.3 Å². The lowest BCUT2D eigenvalue weighted by molar-refractivity contribution is -0.123. The van der Waals surface area contributed by atoms with Crippen molar-refractivity contribution in [2.45, 2.75) is 6.92 Å². The molecule has 0 spiro atoms. The molecular weight excluding hydrogens is 358 g/mol. The van der Waals surface area contributed by atoms with Gasteiger partial charge >= 0.3 is 0 Å². The highest BCUT2D eigenvalue weighted by Crippen LogP contribution is 2.17. The van der Waals surface area contributed by atoms with Crippen molar-refractivity contribution < 1.29 is 22.7 Å². The Balaban J connectivity index is 1.60. The average molecular weight is 385 g/mol. The van der Waals surface area contributed by atoms with Gasteiger partial charge in [0.25, 0.3) is 5.91 Å². The van der Waals surface area contributed by atoms with Crippen LogP contribution < -0.4 is 14.8 Å². The zero-order valence-electron chi connectivity index (χ0n) is 15.3. The maximum absolute atomic E-state index is 11.8. The van der Waals surface area contributed by atoms with Gasteiger partial charge in [-0.3, -0.25) is 9.69 Å². The highest BCUT2D eigenvalue weighted by molar-refractivity contribution is 7.88. The van der Waals surface area contributed by atoms with Gasteiger partial charge in [-0.1, -0.05) is 0 Å². The molecular formula is C17H27N3O5S. The quantitative estimate of drug-likeness (QED) is 0.651. The Morgan fingerprint density at radius 3 is 2.19 bits per heavy atom. The van der Waals surface area contributed by atoms with Gasteiger partial charge in [-0.05, 0) is 31.2 Å². The third-order valence-electron chi connectivity index (χ3n) is 4.06. The van der Waals surface area contributed by atoms with E-state index >= 15 is 0 Å². The molecule has 146 valence electrons. The molecule has 1 aromatic rings. The van der Waals surface area contributed by atoms with Crippen LogP contribution in [0.2, 0.25) is 0 Å². The van der Waals surface area contributed by atoms with Gasteiger partial charge < -0.3 is 14.8 Å². The number of carbonyl (C=O) groups excluding carboxylic acids is 1. The normalized spacial score (nSPS) is 16.2. The minimum atomic E-state index is -3.11. The topological polar surface area (TPSA) is 88.2 Å². The summed E-state index contributed by atoms with van der Waals surface area (Å²) in [4.78, 5) is 14.0. The maximum Gasteiger partial charge on any atom is 0.257 e. The second-order valence-electron chi connectivity index (χ2n) is 6.05. The van der Waals surface area contributed by atoms with E-state index in [1.165, 1.54) is 10.6 Å². The molecule has 0 radical (unpaired) electrons. The minimum absolute atomic E-state index is 0.0458. The summed E-state index contributed by atoms with van der Waals surface area (Å²) >= 11 is 0. The number of nitrogens with one attached hydrogen (secondary N) is 1. The summed E-state index contributed by atoms with van der Waals surface area (Å²) in [5.41, 5.74) is 0. The number of nitrogens with zero attached hydrogens (tertiary/aromatic N) is 2. The van der Waals surface area contributed by atoms with Crippen LogP contribution in [0.1, 0.15) is 6.92 Å². The van der Waals surface area contributed by atoms with Gasteiger partial charge in [0.15, 0.2) is 6.61 Å². The van der Waals surface area contributed by atoms with Crippen molar-refractivity contribution in [1.82, 2.24) is 14.5 Å². The SMILES string of the molecule is CCOc1ccc(OCC(=O)NCCN2CCN(S(C)(=O)=O)CC2)cc1. The van der Waals surface area contributed by atoms with Gasteiger partial charge in [0.2, 0.25) is 10.0 Å². The largest absolute Gasteiger partial charge is 0.494 e. The number of carbonyl (C=O) groups is 1. The summed E-state index contributed by atoms with van der Waals surface area (Å²) in [6, 6.07) is 7.12. The fourth-order valence-corrected chi connectivity index (χ4v) is 3.46. The Bertz CT molecular complexity index is 670. The van der Waals surface area contributed by atoms with Crippen molar-refractivity contribution in [2.24, 2.45) is 0 Å². The minimum Gasteiger partial charge on any atom is -0.494 e. The molecule has 0 bridgehead atoms. The summed E-state index contributed by atoms with van der Waals surface area (Å²) in [5, 5.41) is 2.81. The zero-order valence-corrected chi connectivity index (χ0v) is 16.1. The molecule has 1 fully saturated rings. The second kappa shape index (κ2) is 9.75. The van der Waals surface area contributed by atoms with Crippen LogP contribution in [0.5, 0.6) is 11.5 Å². The molecule has 1 saturated heterocycles. The summed E-state index contributed by atoms with van der Waals surface area (Å²) in [7, 11) is -3.11. The van der Waals surface area contributed by atoms with Crippen molar-refractivity contribution in [2.75, 3.05) is 58.7 Å². The predicted octanol–water partition coefficient (Wildman–Crippen LogP) is 0.158. The third kappa shape index (κ3) is 6.81. The standard InChI is InChI=1S/C17H27N3O5S/c1-3-24-15-4-6-16(7-5-15)25-14-17(21)18-8-9-19-10-12-20(13-11-19)26(2,22)23/h4-7H,3,8-14H2,1-2H3,(H,18,21). The first-order valence-electron chi connectivity index (χ1n) is 8.68. The molecule has 1 amide bonds. The summed E-state index contributed by atoms with van der Waals surface area (Å²) < 4.78 is 35.2. The van der Waals surface area contributed by atoms with E-state index in [0.717, 1.165) is 5.75 Å². The van der Waals surface area contributed by atoms with Gasteiger partial charge in [0, 0.05) is 39.3 Å². The first kappa shape index (κ1) is 20.5. The fourth-order valence-electron chi connectivity index (χ4n) is 2.64. The number of hydrogen-bond acceptors (Lipinski definition) is 6. The maximum atomic E-state index is 11.8. The molecule has 2 rings (SSSR count). The number of rotatable bonds is 9. The first-order valence-corrected chi connectivity index (χ1v) is 10.5. The van der Waals surface area contributed by atoms with Crippen molar-refractivity contribution in [1.29, 1.82) is 0 Å². The molecule has 9 heteroatoms. The van der Waals surface area contributed by atoms with Crippen LogP contribution in [0.3, 0.4) is 0 Å². The summed E-state index contributed by atoms with van der Waals surface area (Å²) in [5.74, 6) is 1.19. The smallest absolute Gasteiger partial charge is 0.257 e. The number of hydrogen-bond donors (Lipinski definition) is 1. The summed E-state index contributed by atoms with van der Waals surface area (Å²) in [6.45, 7) is 6.00. The lowest BCUT2D eigenvalue weighted by Crippen LogP contribution is -2.50. The van der Waals surface area contributed by atoms with E-state index in [4.69, 9.17) is 9.47 Å². The fraction of sp³-hybridized carbons (Fsp3) is 0.588. The van der Waals surface area contributed by atoms with Crippen molar-refractivity contribution in [3.8, 4) is 11.5 Å². The van der Waals surface area contributed by atoms with E-state index in [-0.39, 0.29) is 12.5 Å². The Labute approximate surface area is 155 Å². The van der Waals surface area contributed by atoms with Crippen LogP contribution >= 0.6 is 0 Å². The number of amides is 1. The van der Waals surface area contributed by atoms with Gasteiger partial charge in [0.1, 0.15) is 11.5 Å². The van der Waals surface area contributed by atoms with E-state index in [1.807, 2.05) is 6.92 Å². The van der Waals surface area contributed by atoms with Crippen LogP contribution in [0.4, 0.5) is 0 Å². The van der Waals surface area contributed by atoms with Crippen molar-refractivity contribution >= 4 is 15.9 Å². The highest BCUT2D eigenvalue weighted by Gasteiger charge is 2.22. The number of sulfonamides is 1. The molecule has 0 aliphatic carbocycles. The van der Waals surface area contributed by atoms with Crippen LogP contribution in [-0.2, 0) is 14.8 Å². The van der Waals surface area contributed by atoms with Crippen LogP contribution in [0, 0.1) is 0 Å². The molecule has 26 heavy (non-hydrogen) atoms. The van der Waals surface area contributed by atoms with Crippen LogP contribution in [0.25, 0.3) is 0 Å². The Hall–Kier alpha value is -1.84. The molecule has 0 unspecified atom stereocenters. The molecule has 1 aliphatic heterocycles.